The average molecular weight is 216 g/mol. The third-order valence-electron chi connectivity index (χ3n) is 2.92. The lowest BCUT2D eigenvalue weighted by Gasteiger charge is -2.23. The Hall–Kier alpha value is -0.120. The Morgan fingerprint density at radius 2 is 2.00 bits per heavy atom. The number of hydrogen-bond donors (Lipinski definition) is 2. The second-order valence-electron chi connectivity index (χ2n) is 4.59. The van der Waals surface area contributed by atoms with E-state index in [0.29, 0.717) is 17.9 Å². The Balaban J connectivity index is 3.84. The highest BCUT2D eigenvalue weighted by Crippen LogP contribution is 2.08. The number of ether oxygens (including phenoxy) is 1. The zero-order valence-electron chi connectivity index (χ0n) is 10.8. The minimum absolute atomic E-state index is 0.479. The Morgan fingerprint density at radius 1 is 1.33 bits per heavy atom. The van der Waals surface area contributed by atoms with Gasteiger partial charge in [-0.1, -0.05) is 27.2 Å². The van der Waals surface area contributed by atoms with Crippen LogP contribution in [0.4, 0.5) is 0 Å². The van der Waals surface area contributed by atoms with Crippen molar-refractivity contribution < 1.29 is 4.74 Å². The fraction of sp³-hybridized carbons (Fsp3) is 1.00. The van der Waals surface area contributed by atoms with Gasteiger partial charge in [0.1, 0.15) is 0 Å². The van der Waals surface area contributed by atoms with E-state index in [2.05, 4.69) is 26.1 Å². The number of rotatable bonds is 9. The summed E-state index contributed by atoms with van der Waals surface area (Å²) in [6.07, 6.45) is 2.36. The number of hydrogen-bond acceptors (Lipinski definition) is 3. The second-order valence-corrected chi connectivity index (χ2v) is 4.59. The molecule has 0 aliphatic carbocycles. The van der Waals surface area contributed by atoms with E-state index in [1.54, 1.807) is 7.11 Å². The van der Waals surface area contributed by atoms with Crippen molar-refractivity contribution in [2.75, 3.05) is 26.8 Å². The van der Waals surface area contributed by atoms with E-state index in [9.17, 15) is 0 Å². The average Bonchev–Trinajstić information content (AvgIpc) is 2.18. The molecule has 0 aliphatic rings. The molecular formula is C12H28N2O. The number of nitrogens with two attached hydrogens (primary N) is 1. The molecule has 3 nitrogen and oxygen atoms in total. The zero-order valence-corrected chi connectivity index (χ0v) is 10.8. The van der Waals surface area contributed by atoms with Gasteiger partial charge in [-0.3, -0.25) is 0 Å². The van der Waals surface area contributed by atoms with E-state index in [1.165, 1.54) is 12.8 Å². The van der Waals surface area contributed by atoms with Crippen LogP contribution >= 0.6 is 0 Å². The SMILES string of the molecule is CCCC(COC)NCC(CN)C(C)C. The molecule has 0 saturated heterocycles. The monoisotopic (exact) mass is 216 g/mol. The predicted molar refractivity (Wildman–Crippen MR) is 66.0 cm³/mol. The van der Waals surface area contributed by atoms with Crippen molar-refractivity contribution in [2.45, 2.75) is 39.7 Å². The lowest BCUT2D eigenvalue weighted by molar-refractivity contribution is 0.157. The first-order valence-corrected chi connectivity index (χ1v) is 6.08. The van der Waals surface area contributed by atoms with Crippen LogP contribution in [0.5, 0.6) is 0 Å². The highest BCUT2D eigenvalue weighted by Gasteiger charge is 2.13. The Bertz CT molecular complexity index is 134. The van der Waals surface area contributed by atoms with Crippen LogP contribution in [0.25, 0.3) is 0 Å². The van der Waals surface area contributed by atoms with Crippen molar-refractivity contribution in [1.29, 1.82) is 0 Å². The molecule has 92 valence electrons. The third kappa shape index (κ3) is 6.88. The van der Waals surface area contributed by atoms with Gasteiger partial charge in [-0.2, -0.15) is 0 Å². The van der Waals surface area contributed by atoms with Crippen LogP contribution in [0.1, 0.15) is 33.6 Å². The van der Waals surface area contributed by atoms with Gasteiger partial charge in [0.15, 0.2) is 0 Å². The van der Waals surface area contributed by atoms with Crippen LogP contribution in [-0.2, 0) is 4.74 Å². The first kappa shape index (κ1) is 14.9. The van der Waals surface area contributed by atoms with Gasteiger partial charge >= 0.3 is 0 Å². The molecule has 0 amide bonds. The maximum atomic E-state index is 5.74. The highest BCUT2D eigenvalue weighted by atomic mass is 16.5. The van der Waals surface area contributed by atoms with E-state index in [-0.39, 0.29) is 0 Å². The standard InChI is InChI=1S/C12H28N2O/c1-5-6-12(9-15-4)14-8-11(7-13)10(2)3/h10-12,14H,5-9,13H2,1-4H3. The van der Waals surface area contributed by atoms with Gasteiger partial charge in [0, 0.05) is 13.2 Å². The van der Waals surface area contributed by atoms with Crippen LogP contribution in [0.3, 0.4) is 0 Å². The van der Waals surface area contributed by atoms with E-state index < -0.39 is 0 Å². The lowest BCUT2D eigenvalue weighted by Crippen LogP contribution is -2.40. The van der Waals surface area contributed by atoms with Crippen LogP contribution in [0.2, 0.25) is 0 Å². The molecule has 3 N–H and O–H groups in total. The number of methoxy groups -OCH3 is 1. The van der Waals surface area contributed by atoms with Crippen molar-refractivity contribution in [3.05, 3.63) is 0 Å². The molecule has 0 aromatic heterocycles. The predicted octanol–water partition coefficient (Wildman–Crippen LogP) is 1.62. The minimum Gasteiger partial charge on any atom is -0.383 e. The molecule has 15 heavy (non-hydrogen) atoms. The van der Waals surface area contributed by atoms with Gasteiger partial charge in [-0.15, -0.1) is 0 Å². The molecule has 2 atom stereocenters. The summed E-state index contributed by atoms with van der Waals surface area (Å²) in [5.41, 5.74) is 5.74. The van der Waals surface area contributed by atoms with Crippen LogP contribution in [0, 0.1) is 11.8 Å². The smallest absolute Gasteiger partial charge is 0.0615 e. The fourth-order valence-corrected chi connectivity index (χ4v) is 1.70. The fourth-order valence-electron chi connectivity index (χ4n) is 1.70. The van der Waals surface area contributed by atoms with Crippen molar-refractivity contribution in [1.82, 2.24) is 5.32 Å². The largest absolute Gasteiger partial charge is 0.383 e. The van der Waals surface area contributed by atoms with Crippen LogP contribution in [0.15, 0.2) is 0 Å². The first-order valence-electron chi connectivity index (χ1n) is 6.08. The molecule has 0 rings (SSSR count). The zero-order chi connectivity index (χ0) is 11.7. The van der Waals surface area contributed by atoms with E-state index >= 15 is 0 Å². The molecule has 0 fully saturated rings. The van der Waals surface area contributed by atoms with Crippen LogP contribution in [-0.4, -0.2) is 32.8 Å². The molecule has 0 aliphatic heterocycles. The summed E-state index contributed by atoms with van der Waals surface area (Å²) in [6.45, 7) is 9.21. The molecule has 3 heteroatoms. The second kappa shape index (κ2) is 9.13. The summed E-state index contributed by atoms with van der Waals surface area (Å²) in [6, 6.07) is 0.479. The Morgan fingerprint density at radius 3 is 2.40 bits per heavy atom. The van der Waals surface area contributed by atoms with Crippen molar-refractivity contribution in [3.8, 4) is 0 Å². The maximum Gasteiger partial charge on any atom is 0.0615 e. The summed E-state index contributed by atoms with van der Waals surface area (Å²) in [7, 11) is 1.76. The van der Waals surface area contributed by atoms with Crippen molar-refractivity contribution in [3.63, 3.8) is 0 Å². The molecule has 0 saturated carbocycles. The topological polar surface area (TPSA) is 47.3 Å². The normalized spacial score (nSPS) is 15.6. The minimum atomic E-state index is 0.479. The molecule has 0 aromatic rings. The number of nitrogens with one attached hydrogen (secondary N) is 1. The summed E-state index contributed by atoms with van der Waals surface area (Å²) >= 11 is 0. The van der Waals surface area contributed by atoms with Gasteiger partial charge < -0.3 is 15.8 Å². The van der Waals surface area contributed by atoms with Gasteiger partial charge in [0.05, 0.1) is 6.61 Å². The van der Waals surface area contributed by atoms with Gasteiger partial charge in [-0.05, 0) is 31.3 Å². The third-order valence-corrected chi connectivity index (χ3v) is 2.92. The van der Waals surface area contributed by atoms with Gasteiger partial charge in [-0.25, -0.2) is 0 Å². The Kier molecular flexibility index (Phi) is 9.06. The van der Waals surface area contributed by atoms with E-state index in [4.69, 9.17) is 10.5 Å². The highest BCUT2D eigenvalue weighted by molar-refractivity contribution is 4.71. The van der Waals surface area contributed by atoms with Crippen molar-refractivity contribution >= 4 is 0 Å². The molecule has 2 unspecified atom stereocenters. The van der Waals surface area contributed by atoms with E-state index in [1.807, 2.05) is 0 Å². The molecular weight excluding hydrogens is 188 g/mol. The van der Waals surface area contributed by atoms with Crippen LogP contribution < -0.4 is 11.1 Å². The maximum absolute atomic E-state index is 5.74. The summed E-state index contributed by atoms with van der Waals surface area (Å²) in [4.78, 5) is 0. The van der Waals surface area contributed by atoms with E-state index in [0.717, 1.165) is 19.7 Å². The quantitative estimate of drug-likeness (QED) is 0.616. The molecule has 0 radical (unpaired) electrons. The van der Waals surface area contributed by atoms with Gasteiger partial charge in [0.25, 0.3) is 0 Å². The van der Waals surface area contributed by atoms with Crippen molar-refractivity contribution in [2.24, 2.45) is 17.6 Å². The molecule has 0 aromatic carbocycles. The lowest BCUT2D eigenvalue weighted by atomic mass is 9.95. The van der Waals surface area contributed by atoms with Gasteiger partial charge in [0.2, 0.25) is 0 Å². The molecule has 0 spiro atoms. The molecule has 0 heterocycles. The molecule has 0 bridgehead atoms. The Labute approximate surface area is 94.8 Å². The summed E-state index contributed by atoms with van der Waals surface area (Å²) in [5, 5.41) is 3.55. The first-order chi connectivity index (χ1) is 7.15. The summed E-state index contributed by atoms with van der Waals surface area (Å²) < 4.78 is 5.19. The summed E-state index contributed by atoms with van der Waals surface area (Å²) in [5.74, 6) is 1.22.